The zero-order chi connectivity index (χ0) is 9.19. The summed E-state index contributed by atoms with van der Waals surface area (Å²) in [5, 5.41) is 9.33. The van der Waals surface area contributed by atoms with Gasteiger partial charge >= 0.3 is 5.97 Å². The molecule has 0 heterocycles. The van der Waals surface area contributed by atoms with Crippen LogP contribution in [0.3, 0.4) is 0 Å². The first-order valence-corrected chi connectivity index (χ1v) is 6.02. The first-order chi connectivity index (χ1) is 6.79. The Hall–Kier alpha value is -0.530. The first-order valence-electron chi connectivity index (χ1n) is 6.02. The number of hydrogen-bond donors (Lipinski definition) is 1. The largest absolute Gasteiger partial charge is 0.481 e. The molecule has 0 saturated heterocycles. The van der Waals surface area contributed by atoms with Crippen LogP contribution in [0.4, 0.5) is 0 Å². The van der Waals surface area contributed by atoms with Crippen LogP contribution < -0.4 is 0 Å². The molecule has 0 aromatic heterocycles. The van der Waals surface area contributed by atoms with Gasteiger partial charge in [-0.3, -0.25) is 4.79 Å². The van der Waals surface area contributed by atoms with Crippen molar-refractivity contribution < 1.29 is 9.90 Å². The molecule has 0 aliphatic heterocycles. The van der Waals surface area contributed by atoms with E-state index in [1.165, 1.54) is 12.8 Å². The summed E-state index contributed by atoms with van der Waals surface area (Å²) in [7, 11) is 0. The highest BCUT2D eigenvalue weighted by Crippen LogP contribution is 2.84. The number of aliphatic carboxylic acids is 1. The molecule has 0 spiro atoms. The smallest absolute Gasteiger partial charge is 0.307 e. The Labute approximate surface area is 82.7 Å². The molecule has 2 heteroatoms. The van der Waals surface area contributed by atoms with Crippen molar-refractivity contribution in [2.75, 3.05) is 0 Å². The number of rotatable bonds is 1. The van der Waals surface area contributed by atoms with Gasteiger partial charge in [-0.05, 0) is 60.2 Å². The van der Waals surface area contributed by atoms with Gasteiger partial charge in [-0.25, -0.2) is 0 Å². The van der Waals surface area contributed by atoms with Crippen LogP contribution >= 0.6 is 0 Å². The lowest BCUT2D eigenvalue weighted by Gasteiger charge is -2.46. The fraction of sp³-hybridized carbons (Fsp3) is 0.917. The second-order valence-electron chi connectivity index (χ2n) is 6.30. The van der Waals surface area contributed by atoms with Crippen molar-refractivity contribution in [2.45, 2.75) is 12.8 Å². The minimum Gasteiger partial charge on any atom is -0.481 e. The molecule has 5 aliphatic rings. The molecule has 5 fully saturated rings. The van der Waals surface area contributed by atoms with Crippen molar-refractivity contribution in [1.82, 2.24) is 0 Å². The maximum Gasteiger partial charge on any atom is 0.307 e. The van der Waals surface area contributed by atoms with Gasteiger partial charge in [0.2, 0.25) is 0 Å². The molecule has 0 unspecified atom stereocenters. The van der Waals surface area contributed by atoms with E-state index in [4.69, 9.17) is 0 Å². The van der Waals surface area contributed by atoms with E-state index in [1.54, 1.807) is 0 Å². The minimum atomic E-state index is -0.469. The molecule has 0 radical (unpaired) electrons. The van der Waals surface area contributed by atoms with Crippen LogP contribution in [0.1, 0.15) is 12.8 Å². The molecular weight excluding hydrogens is 176 g/mol. The van der Waals surface area contributed by atoms with Crippen molar-refractivity contribution in [3.63, 3.8) is 0 Å². The predicted octanol–water partition coefficient (Wildman–Crippen LogP) is 1.47. The number of carboxylic acid groups (broad SMARTS) is 1. The first kappa shape index (κ1) is 6.86. The van der Waals surface area contributed by atoms with E-state index in [9.17, 15) is 9.90 Å². The van der Waals surface area contributed by atoms with E-state index < -0.39 is 5.97 Å². The summed E-state index contributed by atoms with van der Waals surface area (Å²) in [6.45, 7) is 0. The third-order valence-electron chi connectivity index (χ3n) is 6.61. The molecule has 14 heavy (non-hydrogen) atoms. The molecule has 1 N–H and O–H groups in total. The van der Waals surface area contributed by atoms with E-state index in [1.807, 2.05) is 0 Å². The Bertz CT molecular complexity index is 357. The highest BCUT2D eigenvalue weighted by Gasteiger charge is 2.81. The van der Waals surface area contributed by atoms with Crippen LogP contribution in [-0.2, 0) is 4.79 Å². The topological polar surface area (TPSA) is 37.3 Å². The van der Waals surface area contributed by atoms with Crippen molar-refractivity contribution in [2.24, 2.45) is 53.3 Å². The Morgan fingerprint density at radius 3 is 2.21 bits per heavy atom. The minimum absolute atomic E-state index is 0.0810. The molecule has 0 aromatic carbocycles. The summed E-state index contributed by atoms with van der Waals surface area (Å²) in [5.41, 5.74) is 0. The number of fused-ring (bicyclic) bond motifs is 2. The van der Waals surface area contributed by atoms with Crippen molar-refractivity contribution in [3.8, 4) is 0 Å². The quantitative estimate of drug-likeness (QED) is 0.679. The Balaban J connectivity index is 1.75. The second kappa shape index (κ2) is 1.66. The Kier molecular flexibility index (Phi) is 0.812. The van der Waals surface area contributed by atoms with Gasteiger partial charge in [-0.15, -0.1) is 0 Å². The third-order valence-corrected chi connectivity index (χ3v) is 6.61. The van der Waals surface area contributed by atoms with Gasteiger partial charge in [0.1, 0.15) is 0 Å². The van der Waals surface area contributed by atoms with Crippen LogP contribution in [0, 0.1) is 53.3 Å². The zero-order valence-corrected chi connectivity index (χ0v) is 7.97. The fourth-order valence-corrected chi connectivity index (χ4v) is 6.80. The standard InChI is InChI=1S/C12H14O2/c13-12(14)11-8-4-2-5-7-3(4)1-6(8)9(7)10(5)11/h3-11H,1-2H2,(H,13,14)/t3-,4+,5+,6-,7+,8+,9-,10-,11-/m0/s1. The molecule has 9 atom stereocenters. The average Bonchev–Trinajstić information content (AvgIpc) is 2.60. The maximum atomic E-state index is 11.3. The lowest BCUT2D eigenvalue weighted by molar-refractivity contribution is -0.150. The predicted molar refractivity (Wildman–Crippen MR) is 48.3 cm³/mol. The monoisotopic (exact) mass is 190 g/mol. The highest BCUT2D eigenvalue weighted by atomic mass is 16.4. The normalized spacial score (nSPS) is 74.4. The van der Waals surface area contributed by atoms with Crippen LogP contribution in [-0.4, -0.2) is 11.1 Å². The lowest BCUT2D eigenvalue weighted by atomic mass is 9.57. The molecule has 0 amide bonds. The SMILES string of the molecule is O=C(O)[C@H]1[C@@H]2[C@@H]3C[C@@H]4[C@H]5[C@H]3C[C@@H]2[C@@H]5[C@H]41. The fourth-order valence-electron chi connectivity index (χ4n) is 6.80. The Morgan fingerprint density at radius 1 is 0.857 bits per heavy atom. The highest BCUT2D eigenvalue weighted by molar-refractivity contribution is 5.73. The van der Waals surface area contributed by atoms with E-state index in [-0.39, 0.29) is 5.92 Å². The summed E-state index contributed by atoms with van der Waals surface area (Å²) in [6, 6.07) is 0. The van der Waals surface area contributed by atoms with Gasteiger partial charge in [0.15, 0.2) is 0 Å². The van der Waals surface area contributed by atoms with Crippen LogP contribution in [0.15, 0.2) is 0 Å². The van der Waals surface area contributed by atoms with Crippen molar-refractivity contribution >= 4 is 5.97 Å². The van der Waals surface area contributed by atoms with Crippen molar-refractivity contribution in [3.05, 3.63) is 0 Å². The summed E-state index contributed by atoms with van der Waals surface area (Å²) >= 11 is 0. The molecular formula is C12H14O2. The van der Waals surface area contributed by atoms with Gasteiger partial charge < -0.3 is 5.11 Å². The molecule has 0 aromatic rings. The van der Waals surface area contributed by atoms with Crippen LogP contribution in [0.2, 0.25) is 0 Å². The molecule has 74 valence electrons. The van der Waals surface area contributed by atoms with E-state index in [0.717, 1.165) is 35.5 Å². The Morgan fingerprint density at radius 2 is 1.50 bits per heavy atom. The zero-order valence-electron chi connectivity index (χ0n) is 7.97. The van der Waals surface area contributed by atoms with Gasteiger partial charge in [-0.2, -0.15) is 0 Å². The molecule has 2 bridgehead atoms. The number of hydrogen-bond acceptors (Lipinski definition) is 1. The maximum absolute atomic E-state index is 11.3. The molecule has 5 rings (SSSR count). The van der Waals surface area contributed by atoms with Crippen LogP contribution in [0.25, 0.3) is 0 Å². The van der Waals surface area contributed by atoms with Crippen molar-refractivity contribution in [1.29, 1.82) is 0 Å². The van der Waals surface area contributed by atoms with E-state index in [2.05, 4.69) is 0 Å². The summed E-state index contributed by atoms with van der Waals surface area (Å²) in [4.78, 5) is 11.3. The summed E-state index contributed by atoms with van der Waals surface area (Å²) in [5.74, 6) is 6.22. The second-order valence-corrected chi connectivity index (χ2v) is 6.30. The van der Waals surface area contributed by atoms with E-state index >= 15 is 0 Å². The van der Waals surface area contributed by atoms with Crippen LogP contribution in [0.5, 0.6) is 0 Å². The average molecular weight is 190 g/mol. The van der Waals surface area contributed by atoms with Gasteiger partial charge in [0.05, 0.1) is 5.92 Å². The summed E-state index contributed by atoms with van der Waals surface area (Å²) < 4.78 is 0. The number of carboxylic acids is 1. The van der Waals surface area contributed by atoms with E-state index in [0.29, 0.717) is 11.8 Å². The third kappa shape index (κ3) is 0.409. The number of carbonyl (C=O) groups is 1. The molecule has 5 aliphatic carbocycles. The van der Waals surface area contributed by atoms with Gasteiger partial charge in [0.25, 0.3) is 0 Å². The van der Waals surface area contributed by atoms with Gasteiger partial charge in [0, 0.05) is 0 Å². The summed E-state index contributed by atoms with van der Waals surface area (Å²) in [6.07, 6.45) is 2.81. The molecule has 5 saturated carbocycles. The lowest BCUT2D eigenvalue weighted by Crippen LogP contribution is -2.45. The molecule has 2 nitrogen and oxygen atoms in total. The van der Waals surface area contributed by atoms with Gasteiger partial charge in [-0.1, -0.05) is 0 Å².